The number of hydrogen-bond donors (Lipinski definition) is 1. The van der Waals surface area contributed by atoms with Crippen LogP contribution in [-0.4, -0.2) is 29.7 Å². The van der Waals surface area contributed by atoms with Crippen molar-refractivity contribution in [1.82, 2.24) is 29.7 Å². The van der Waals surface area contributed by atoms with Crippen LogP contribution in [0.3, 0.4) is 0 Å². The van der Waals surface area contributed by atoms with Gasteiger partial charge in [-0.25, -0.2) is 9.97 Å². The predicted octanol–water partition coefficient (Wildman–Crippen LogP) is 2.78. The van der Waals surface area contributed by atoms with Gasteiger partial charge in [0.2, 0.25) is 0 Å². The van der Waals surface area contributed by atoms with Crippen LogP contribution in [0.5, 0.6) is 0 Å². The van der Waals surface area contributed by atoms with Crippen molar-refractivity contribution < 1.29 is 13.2 Å². The normalized spacial score (nSPS) is 11.5. The zero-order valence-electron chi connectivity index (χ0n) is 13.2. The minimum Gasteiger partial charge on any atom is -0.363 e. The second-order valence-corrected chi connectivity index (χ2v) is 5.09. The van der Waals surface area contributed by atoms with E-state index in [9.17, 15) is 13.2 Å². The van der Waals surface area contributed by atoms with Crippen LogP contribution in [0.2, 0.25) is 0 Å². The number of aromatic nitrogens is 6. The fraction of sp³-hybridized carbons (Fsp3) is 0.267. The highest BCUT2D eigenvalue weighted by atomic mass is 19.4. The molecule has 0 aliphatic heterocycles. The van der Waals surface area contributed by atoms with Gasteiger partial charge < -0.3 is 9.88 Å². The summed E-state index contributed by atoms with van der Waals surface area (Å²) in [6.45, 7) is 2.76. The van der Waals surface area contributed by atoms with Crippen molar-refractivity contribution in [1.29, 1.82) is 0 Å². The van der Waals surface area contributed by atoms with Crippen LogP contribution in [0.1, 0.15) is 18.4 Å². The first-order valence-electron chi connectivity index (χ1n) is 7.44. The Bertz CT molecular complexity index is 846. The molecule has 0 radical (unpaired) electrons. The first kappa shape index (κ1) is 16.8. The average molecular weight is 349 g/mol. The monoisotopic (exact) mass is 349 g/mol. The summed E-state index contributed by atoms with van der Waals surface area (Å²) in [6.07, 6.45) is -0.0974. The van der Waals surface area contributed by atoms with Gasteiger partial charge in [0.05, 0.1) is 6.54 Å². The van der Waals surface area contributed by atoms with Crippen LogP contribution in [0.15, 0.2) is 36.9 Å². The molecule has 0 unspecified atom stereocenters. The SMILES string of the molecule is CCn1cnnc1CNc1cc(C(F)(F)F)nc(-c2cccnc2)n1. The maximum Gasteiger partial charge on any atom is 0.433 e. The molecule has 3 rings (SSSR count). The van der Waals surface area contributed by atoms with Crippen molar-refractivity contribution in [3.63, 3.8) is 0 Å². The van der Waals surface area contributed by atoms with Crippen LogP contribution < -0.4 is 5.32 Å². The lowest BCUT2D eigenvalue weighted by atomic mass is 10.2. The molecule has 0 saturated carbocycles. The molecule has 0 atom stereocenters. The number of alkyl halides is 3. The van der Waals surface area contributed by atoms with Gasteiger partial charge >= 0.3 is 6.18 Å². The zero-order chi connectivity index (χ0) is 17.9. The van der Waals surface area contributed by atoms with Crippen molar-refractivity contribution >= 4 is 5.82 Å². The third-order valence-corrected chi connectivity index (χ3v) is 3.40. The van der Waals surface area contributed by atoms with E-state index in [2.05, 4.69) is 30.5 Å². The summed E-state index contributed by atoms with van der Waals surface area (Å²) >= 11 is 0. The van der Waals surface area contributed by atoms with Crippen LogP contribution >= 0.6 is 0 Å². The van der Waals surface area contributed by atoms with Gasteiger partial charge in [0.25, 0.3) is 0 Å². The number of nitrogens with one attached hydrogen (secondary N) is 1. The second kappa shape index (κ2) is 6.83. The fourth-order valence-electron chi connectivity index (χ4n) is 2.16. The number of anilines is 1. The highest BCUT2D eigenvalue weighted by Gasteiger charge is 2.33. The number of nitrogens with zero attached hydrogens (tertiary/aromatic N) is 6. The molecule has 3 aromatic heterocycles. The highest BCUT2D eigenvalue weighted by molar-refractivity contribution is 5.56. The topological polar surface area (TPSA) is 81.4 Å². The van der Waals surface area contributed by atoms with Crippen LogP contribution in [0.4, 0.5) is 19.0 Å². The van der Waals surface area contributed by atoms with Gasteiger partial charge in [-0.2, -0.15) is 13.2 Å². The molecule has 3 aromatic rings. The van der Waals surface area contributed by atoms with Crippen molar-refractivity contribution in [3.05, 3.63) is 48.4 Å². The van der Waals surface area contributed by atoms with Crippen molar-refractivity contribution in [3.8, 4) is 11.4 Å². The Balaban J connectivity index is 1.92. The van der Waals surface area contributed by atoms with Gasteiger partial charge in [0, 0.05) is 30.6 Å². The van der Waals surface area contributed by atoms with Gasteiger partial charge in [-0.3, -0.25) is 4.98 Å². The molecule has 0 amide bonds. The Morgan fingerprint density at radius 2 is 2.08 bits per heavy atom. The number of halogens is 3. The lowest BCUT2D eigenvalue weighted by Crippen LogP contribution is -2.13. The maximum atomic E-state index is 13.1. The van der Waals surface area contributed by atoms with Crippen LogP contribution in [0, 0.1) is 0 Å². The zero-order valence-corrected chi connectivity index (χ0v) is 13.2. The maximum absolute atomic E-state index is 13.1. The largest absolute Gasteiger partial charge is 0.433 e. The van der Waals surface area contributed by atoms with Gasteiger partial charge in [-0.1, -0.05) is 0 Å². The van der Waals surface area contributed by atoms with Gasteiger partial charge in [-0.15, -0.1) is 10.2 Å². The molecule has 7 nitrogen and oxygen atoms in total. The smallest absolute Gasteiger partial charge is 0.363 e. The molecule has 0 aliphatic rings. The van der Waals surface area contributed by atoms with E-state index in [0.29, 0.717) is 17.9 Å². The van der Waals surface area contributed by atoms with E-state index in [4.69, 9.17) is 0 Å². The Kier molecular flexibility index (Phi) is 4.59. The second-order valence-electron chi connectivity index (χ2n) is 5.09. The van der Waals surface area contributed by atoms with E-state index in [-0.39, 0.29) is 18.2 Å². The molecule has 0 spiro atoms. The highest BCUT2D eigenvalue weighted by Crippen LogP contribution is 2.30. The van der Waals surface area contributed by atoms with E-state index >= 15 is 0 Å². The van der Waals surface area contributed by atoms with Crippen LogP contribution in [-0.2, 0) is 19.3 Å². The van der Waals surface area contributed by atoms with E-state index in [1.54, 1.807) is 23.0 Å². The van der Waals surface area contributed by atoms with Gasteiger partial charge in [0.15, 0.2) is 17.3 Å². The van der Waals surface area contributed by atoms with E-state index in [1.807, 2.05) is 6.92 Å². The standard InChI is InChI=1S/C15H14F3N7/c1-2-25-9-21-24-13(25)8-20-12-6-11(15(16,17)18)22-14(23-12)10-4-3-5-19-7-10/h3-7,9H,2,8H2,1H3,(H,20,22,23). The minimum atomic E-state index is -4.58. The number of pyridine rings is 1. The number of rotatable bonds is 5. The third-order valence-electron chi connectivity index (χ3n) is 3.40. The Labute approximate surface area is 141 Å². The van der Waals surface area contributed by atoms with E-state index < -0.39 is 11.9 Å². The fourth-order valence-corrected chi connectivity index (χ4v) is 2.16. The van der Waals surface area contributed by atoms with Crippen molar-refractivity contribution in [2.75, 3.05) is 5.32 Å². The predicted molar refractivity (Wildman–Crippen MR) is 83.3 cm³/mol. The molecular formula is C15H14F3N7. The summed E-state index contributed by atoms with van der Waals surface area (Å²) in [4.78, 5) is 11.6. The van der Waals surface area contributed by atoms with E-state index in [0.717, 1.165) is 6.07 Å². The molecule has 25 heavy (non-hydrogen) atoms. The lowest BCUT2D eigenvalue weighted by Gasteiger charge is -2.12. The summed E-state index contributed by atoms with van der Waals surface area (Å²) in [7, 11) is 0. The third kappa shape index (κ3) is 3.90. The summed E-state index contributed by atoms with van der Waals surface area (Å²) in [5.74, 6) is 0.590. The molecular weight excluding hydrogens is 335 g/mol. The molecule has 0 bridgehead atoms. The molecule has 130 valence electrons. The average Bonchev–Trinajstić information content (AvgIpc) is 3.07. The first-order chi connectivity index (χ1) is 12.0. The molecule has 0 fully saturated rings. The lowest BCUT2D eigenvalue weighted by molar-refractivity contribution is -0.141. The molecule has 0 aromatic carbocycles. The summed E-state index contributed by atoms with van der Waals surface area (Å²) in [5, 5.41) is 10.6. The summed E-state index contributed by atoms with van der Waals surface area (Å²) in [5.41, 5.74) is -0.630. The summed E-state index contributed by atoms with van der Waals surface area (Å²) in [6, 6.07) is 4.07. The number of aryl methyl sites for hydroxylation is 1. The summed E-state index contributed by atoms with van der Waals surface area (Å²) < 4.78 is 41.2. The Hall–Kier alpha value is -3.04. The quantitative estimate of drug-likeness (QED) is 0.763. The number of hydrogen-bond acceptors (Lipinski definition) is 6. The molecule has 10 heteroatoms. The van der Waals surface area contributed by atoms with Crippen molar-refractivity contribution in [2.45, 2.75) is 26.2 Å². The molecule has 0 aliphatic carbocycles. The first-order valence-corrected chi connectivity index (χ1v) is 7.44. The van der Waals surface area contributed by atoms with E-state index in [1.165, 1.54) is 12.4 Å². The molecule has 1 N–H and O–H groups in total. The van der Waals surface area contributed by atoms with Gasteiger partial charge in [-0.05, 0) is 19.1 Å². The molecule has 3 heterocycles. The Morgan fingerprint density at radius 3 is 2.76 bits per heavy atom. The van der Waals surface area contributed by atoms with Crippen LogP contribution in [0.25, 0.3) is 11.4 Å². The van der Waals surface area contributed by atoms with Gasteiger partial charge in [0.1, 0.15) is 12.1 Å². The minimum absolute atomic E-state index is 0.0480. The molecule has 0 saturated heterocycles. The Morgan fingerprint density at radius 1 is 1.24 bits per heavy atom. The van der Waals surface area contributed by atoms with Crippen molar-refractivity contribution in [2.24, 2.45) is 0 Å².